The smallest absolute Gasteiger partial charge is 0.416 e. The molecule has 0 bridgehead atoms. The van der Waals surface area contributed by atoms with Gasteiger partial charge in [-0.15, -0.1) is 0 Å². The number of alkyl halides is 5. The molecule has 0 saturated carbocycles. The number of benzene rings is 3. The number of ether oxygens (including phenoxy) is 3. The van der Waals surface area contributed by atoms with E-state index in [1.807, 2.05) is 24.0 Å². The Morgan fingerprint density at radius 1 is 0.882 bits per heavy atom. The van der Waals surface area contributed by atoms with E-state index in [1.54, 1.807) is 32.2 Å². The molecule has 4 aromatic rings. The average Bonchev–Trinajstić information content (AvgIpc) is 3.12. The van der Waals surface area contributed by atoms with Crippen LogP contribution in [-0.2, 0) is 19.3 Å². The number of urea groups is 1. The van der Waals surface area contributed by atoms with Gasteiger partial charge in [0.05, 0.1) is 25.0 Å². The number of halogens is 5. The molecule has 3 aromatic carbocycles. The van der Waals surface area contributed by atoms with Gasteiger partial charge in [0.2, 0.25) is 0 Å². The van der Waals surface area contributed by atoms with Crippen LogP contribution in [0.3, 0.4) is 0 Å². The fraction of sp³-hybridized carbons (Fsp3) is 0.351. The van der Waals surface area contributed by atoms with Gasteiger partial charge < -0.3 is 29.7 Å². The first kappa shape index (κ1) is 37.3. The summed E-state index contributed by atoms with van der Waals surface area (Å²) in [5.41, 5.74) is 0.0945. The molecule has 1 aromatic heterocycles. The number of amides is 2. The minimum atomic E-state index is -4.66. The van der Waals surface area contributed by atoms with Crippen molar-refractivity contribution in [3.63, 3.8) is 0 Å². The van der Waals surface area contributed by atoms with Crippen LogP contribution in [-0.4, -0.2) is 67.3 Å². The molecule has 51 heavy (non-hydrogen) atoms. The molecule has 2 heterocycles. The molecule has 2 N–H and O–H groups in total. The van der Waals surface area contributed by atoms with Crippen LogP contribution >= 0.6 is 0 Å². The van der Waals surface area contributed by atoms with Crippen molar-refractivity contribution in [2.75, 3.05) is 57.1 Å². The van der Waals surface area contributed by atoms with Crippen molar-refractivity contribution in [1.29, 1.82) is 0 Å². The quantitative estimate of drug-likeness (QED) is 0.135. The summed E-state index contributed by atoms with van der Waals surface area (Å²) in [6.45, 7) is 8.18. The Hall–Kier alpha value is -4.95. The average molecular weight is 714 g/mol. The Bertz CT molecular complexity index is 1780. The molecule has 14 heteroatoms. The van der Waals surface area contributed by atoms with Gasteiger partial charge in [0, 0.05) is 55.7 Å². The van der Waals surface area contributed by atoms with E-state index >= 15 is 0 Å². The lowest BCUT2D eigenvalue weighted by Crippen LogP contribution is -2.45. The lowest BCUT2D eigenvalue weighted by Gasteiger charge is -2.34. The number of carbonyl (C=O) groups is 1. The zero-order chi connectivity index (χ0) is 36.5. The van der Waals surface area contributed by atoms with Crippen LogP contribution in [0.25, 0.3) is 11.1 Å². The van der Waals surface area contributed by atoms with Gasteiger partial charge in [0.1, 0.15) is 12.4 Å². The van der Waals surface area contributed by atoms with Crippen molar-refractivity contribution in [3.05, 3.63) is 95.2 Å². The van der Waals surface area contributed by atoms with Crippen LogP contribution in [0.1, 0.15) is 42.5 Å². The fourth-order valence-corrected chi connectivity index (χ4v) is 5.71. The highest BCUT2D eigenvalue weighted by molar-refractivity contribution is 6.00. The predicted molar refractivity (Wildman–Crippen MR) is 185 cm³/mol. The topological polar surface area (TPSA) is 88.2 Å². The van der Waals surface area contributed by atoms with E-state index in [-0.39, 0.29) is 36.0 Å². The molecule has 1 saturated heterocycles. The minimum absolute atomic E-state index is 0.0906. The lowest BCUT2D eigenvalue weighted by molar-refractivity contribution is -0.138. The van der Waals surface area contributed by atoms with Crippen LogP contribution in [0, 0.1) is 0 Å². The second-order valence-electron chi connectivity index (χ2n) is 11.9. The molecule has 0 unspecified atom stereocenters. The highest BCUT2D eigenvalue weighted by Gasteiger charge is 2.34. The Kier molecular flexibility index (Phi) is 12.3. The molecule has 272 valence electrons. The van der Waals surface area contributed by atoms with Crippen LogP contribution in [0.4, 0.5) is 38.1 Å². The number of aromatic nitrogens is 1. The standard InChI is InChI=1S/C37H40F5N5O4/c1-4-46-14-16-47(17-15-46)22-26-8-10-28(20-31(26)37(40,41)42)44-36(48)45-32-13-9-25(18-30(32)34(38)39)27-19-33(50-5-2)35(43-21-27)51-23-24-6-11-29(49-3)12-7-24/h6-13,18-21,34H,4-5,14-17,22-23H2,1-3H3,(H2,44,45,48). The summed E-state index contributed by atoms with van der Waals surface area (Å²) in [7, 11) is 1.58. The zero-order valence-corrected chi connectivity index (χ0v) is 28.5. The van der Waals surface area contributed by atoms with Crippen LogP contribution in [0.15, 0.2) is 72.9 Å². The first-order valence-corrected chi connectivity index (χ1v) is 16.5. The van der Waals surface area contributed by atoms with Gasteiger partial charge in [-0.1, -0.05) is 31.2 Å². The maximum atomic E-state index is 14.3. The molecule has 1 aliphatic rings. The highest BCUT2D eigenvalue weighted by Crippen LogP contribution is 2.37. The summed E-state index contributed by atoms with van der Waals surface area (Å²) in [4.78, 5) is 21.4. The summed E-state index contributed by atoms with van der Waals surface area (Å²) in [5, 5.41) is 4.71. The molecular weight excluding hydrogens is 673 g/mol. The Balaban J connectivity index is 1.28. The summed E-state index contributed by atoms with van der Waals surface area (Å²) >= 11 is 0. The van der Waals surface area contributed by atoms with Crippen LogP contribution < -0.4 is 24.8 Å². The SMILES string of the molecule is CCOc1cc(-c2ccc(NC(=O)Nc3ccc(CN4CCN(CC)CC4)c(C(F)(F)F)c3)c(C(F)F)c2)cnc1OCc1ccc(OC)cc1. The summed E-state index contributed by atoms with van der Waals surface area (Å²) in [5.74, 6) is 1.24. The number of methoxy groups -OCH3 is 1. The summed E-state index contributed by atoms with van der Waals surface area (Å²) < 4.78 is 87.5. The van der Waals surface area contributed by atoms with Gasteiger partial charge in [-0.25, -0.2) is 18.6 Å². The van der Waals surface area contributed by atoms with Crippen molar-refractivity contribution >= 4 is 17.4 Å². The van der Waals surface area contributed by atoms with Crippen molar-refractivity contribution in [2.24, 2.45) is 0 Å². The van der Waals surface area contributed by atoms with Crippen molar-refractivity contribution in [3.8, 4) is 28.5 Å². The Morgan fingerprint density at radius 2 is 1.61 bits per heavy atom. The van der Waals surface area contributed by atoms with Crippen molar-refractivity contribution in [1.82, 2.24) is 14.8 Å². The molecule has 0 spiro atoms. The van der Waals surface area contributed by atoms with E-state index in [2.05, 4.69) is 20.5 Å². The molecule has 2 amide bonds. The molecule has 9 nitrogen and oxygen atoms in total. The number of pyridine rings is 1. The third-order valence-corrected chi connectivity index (χ3v) is 8.50. The van der Waals surface area contributed by atoms with Crippen LogP contribution in [0.5, 0.6) is 17.4 Å². The maximum Gasteiger partial charge on any atom is 0.416 e. The largest absolute Gasteiger partial charge is 0.497 e. The van der Waals surface area contributed by atoms with Gasteiger partial charge in [-0.05, 0) is 72.6 Å². The third kappa shape index (κ3) is 9.85. The fourth-order valence-electron chi connectivity index (χ4n) is 5.71. The summed E-state index contributed by atoms with van der Waals surface area (Å²) in [6, 6.07) is 15.6. The van der Waals surface area contributed by atoms with E-state index in [1.165, 1.54) is 36.5 Å². The number of nitrogens with one attached hydrogen (secondary N) is 2. The van der Waals surface area contributed by atoms with E-state index in [0.717, 1.165) is 31.3 Å². The molecular formula is C37H40F5N5O4. The molecule has 1 aliphatic heterocycles. The second-order valence-corrected chi connectivity index (χ2v) is 11.9. The number of anilines is 2. The maximum absolute atomic E-state index is 14.3. The number of piperazine rings is 1. The van der Waals surface area contributed by atoms with E-state index in [9.17, 15) is 26.7 Å². The first-order chi connectivity index (χ1) is 24.5. The number of hydrogen-bond acceptors (Lipinski definition) is 7. The van der Waals surface area contributed by atoms with Crippen molar-refractivity contribution in [2.45, 2.75) is 39.6 Å². The van der Waals surface area contributed by atoms with Crippen molar-refractivity contribution < 1.29 is 41.0 Å². The van der Waals surface area contributed by atoms with Gasteiger partial charge in [0.25, 0.3) is 12.3 Å². The second kappa shape index (κ2) is 16.8. The number of hydrogen-bond donors (Lipinski definition) is 2. The lowest BCUT2D eigenvalue weighted by atomic mass is 10.0. The molecule has 5 rings (SSSR count). The number of nitrogens with zero attached hydrogens (tertiary/aromatic N) is 3. The normalized spacial score (nSPS) is 14.0. The predicted octanol–water partition coefficient (Wildman–Crippen LogP) is 8.47. The van der Waals surface area contributed by atoms with Crippen LogP contribution in [0.2, 0.25) is 0 Å². The number of likely N-dealkylation sites (N-methyl/N-ethyl adjacent to an activating group) is 1. The van der Waals surface area contributed by atoms with E-state index in [0.29, 0.717) is 42.3 Å². The Morgan fingerprint density at radius 3 is 2.25 bits per heavy atom. The van der Waals surface area contributed by atoms with Gasteiger partial charge in [0.15, 0.2) is 5.75 Å². The molecule has 0 atom stereocenters. The molecule has 0 radical (unpaired) electrons. The number of carbonyl (C=O) groups excluding carboxylic acids is 1. The zero-order valence-electron chi connectivity index (χ0n) is 28.5. The molecule has 0 aliphatic carbocycles. The highest BCUT2D eigenvalue weighted by atomic mass is 19.4. The number of rotatable bonds is 13. The first-order valence-electron chi connectivity index (χ1n) is 16.5. The monoisotopic (exact) mass is 713 g/mol. The minimum Gasteiger partial charge on any atom is -0.497 e. The van der Waals surface area contributed by atoms with Gasteiger partial charge in [-0.3, -0.25) is 4.90 Å². The Labute approximate surface area is 293 Å². The van der Waals surface area contributed by atoms with Gasteiger partial charge >= 0.3 is 12.2 Å². The van der Waals surface area contributed by atoms with E-state index < -0.39 is 29.8 Å². The van der Waals surface area contributed by atoms with E-state index in [4.69, 9.17) is 14.2 Å². The summed E-state index contributed by atoms with van der Waals surface area (Å²) in [6.07, 6.45) is -6.18. The molecule has 1 fully saturated rings. The third-order valence-electron chi connectivity index (χ3n) is 8.50. The van der Waals surface area contributed by atoms with Gasteiger partial charge in [-0.2, -0.15) is 13.2 Å².